The lowest BCUT2D eigenvalue weighted by atomic mass is 9.96. The molecule has 0 N–H and O–H groups in total. The molecular formula is C13H16BrClO. The minimum Gasteiger partial charge on any atom is -0.493 e. The minimum atomic E-state index is 0.546. The Labute approximate surface area is 110 Å². The summed E-state index contributed by atoms with van der Waals surface area (Å²) in [7, 11) is 0. The van der Waals surface area contributed by atoms with E-state index in [1.54, 1.807) is 0 Å². The lowest BCUT2D eigenvalue weighted by Crippen LogP contribution is -2.06. The molecule has 1 nitrogen and oxygen atoms in total. The SMILES string of the molecule is CCC(CCl)Cc1cc(Br)cc2c1OCC2. The molecule has 1 aliphatic heterocycles. The molecule has 0 fully saturated rings. The van der Waals surface area contributed by atoms with Gasteiger partial charge >= 0.3 is 0 Å². The third-order valence-electron chi connectivity index (χ3n) is 3.13. The quantitative estimate of drug-likeness (QED) is 0.758. The van der Waals surface area contributed by atoms with Crippen LogP contribution in [0.25, 0.3) is 0 Å². The molecule has 2 rings (SSSR count). The smallest absolute Gasteiger partial charge is 0.125 e. The Morgan fingerprint density at radius 1 is 1.50 bits per heavy atom. The molecule has 0 bridgehead atoms. The van der Waals surface area contributed by atoms with Gasteiger partial charge < -0.3 is 4.74 Å². The largest absolute Gasteiger partial charge is 0.493 e. The Morgan fingerprint density at radius 3 is 3.00 bits per heavy atom. The number of benzene rings is 1. The van der Waals surface area contributed by atoms with Crippen LogP contribution in [0.4, 0.5) is 0 Å². The fourth-order valence-corrected chi connectivity index (χ4v) is 3.00. The molecule has 16 heavy (non-hydrogen) atoms. The summed E-state index contributed by atoms with van der Waals surface area (Å²) in [6.45, 7) is 3.00. The zero-order valence-corrected chi connectivity index (χ0v) is 11.8. The molecular weight excluding hydrogens is 287 g/mol. The predicted molar refractivity (Wildman–Crippen MR) is 71.5 cm³/mol. The second-order valence-electron chi connectivity index (χ2n) is 4.28. The van der Waals surface area contributed by atoms with E-state index >= 15 is 0 Å². The second kappa shape index (κ2) is 5.42. The van der Waals surface area contributed by atoms with E-state index in [1.807, 2.05) is 0 Å². The summed E-state index contributed by atoms with van der Waals surface area (Å²) >= 11 is 9.52. The summed E-state index contributed by atoms with van der Waals surface area (Å²) in [5.41, 5.74) is 2.63. The lowest BCUT2D eigenvalue weighted by molar-refractivity contribution is 0.351. The maximum Gasteiger partial charge on any atom is 0.125 e. The van der Waals surface area contributed by atoms with Crippen molar-refractivity contribution in [2.75, 3.05) is 12.5 Å². The van der Waals surface area contributed by atoms with Crippen molar-refractivity contribution in [3.8, 4) is 5.75 Å². The minimum absolute atomic E-state index is 0.546. The fraction of sp³-hybridized carbons (Fsp3) is 0.538. The molecule has 1 unspecified atom stereocenters. The second-order valence-corrected chi connectivity index (χ2v) is 5.51. The van der Waals surface area contributed by atoms with Gasteiger partial charge in [-0.3, -0.25) is 0 Å². The average Bonchev–Trinajstić information content (AvgIpc) is 2.73. The molecule has 1 aliphatic rings. The van der Waals surface area contributed by atoms with Crippen LogP contribution in [0.5, 0.6) is 5.75 Å². The topological polar surface area (TPSA) is 9.23 Å². The zero-order valence-electron chi connectivity index (χ0n) is 9.43. The van der Waals surface area contributed by atoms with Crippen molar-refractivity contribution in [1.29, 1.82) is 0 Å². The number of ether oxygens (including phenoxy) is 1. The van der Waals surface area contributed by atoms with Crippen molar-refractivity contribution in [2.45, 2.75) is 26.2 Å². The van der Waals surface area contributed by atoms with Crippen LogP contribution in [-0.4, -0.2) is 12.5 Å². The maximum atomic E-state index is 5.96. The van der Waals surface area contributed by atoms with Gasteiger partial charge in [-0.15, -0.1) is 11.6 Å². The van der Waals surface area contributed by atoms with Crippen molar-refractivity contribution in [3.63, 3.8) is 0 Å². The molecule has 0 radical (unpaired) electrons. The van der Waals surface area contributed by atoms with Gasteiger partial charge in [0, 0.05) is 16.8 Å². The van der Waals surface area contributed by atoms with E-state index in [2.05, 4.69) is 35.0 Å². The normalized spacial score (nSPS) is 15.7. The van der Waals surface area contributed by atoms with Crippen molar-refractivity contribution >= 4 is 27.5 Å². The molecule has 88 valence electrons. The van der Waals surface area contributed by atoms with Gasteiger partial charge in [-0.25, -0.2) is 0 Å². The molecule has 1 atom stereocenters. The van der Waals surface area contributed by atoms with E-state index in [1.165, 1.54) is 11.1 Å². The van der Waals surface area contributed by atoms with Crippen molar-refractivity contribution in [3.05, 3.63) is 27.7 Å². The van der Waals surface area contributed by atoms with Gasteiger partial charge in [-0.2, -0.15) is 0 Å². The van der Waals surface area contributed by atoms with E-state index in [9.17, 15) is 0 Å². The molecule has 0 saturated carbocycles. The Kier molecular flexibility index (Phi) is 4.15. The van der Waals surface area contributed by atoms with E-state index in [4.69, 9.17) is 16.3 Å². The summed E-state index contributed by atoms with van der Waals surface area (Å²) in [6, 6.07) is 4.33. The van der Waals surface area contributed by atoms with Crippen LogP contribution in [0.3, 0.4) is 0 Å². The first-order valence-electron chi connectivity index (χ1n) is 5.74. The number of halogens is 2. The molecule has 1 heterocycles. The van der Waals surface area contributed by atoms with Crippen LogP contribution >= 0.6 is 27.5 Å². The Hall–Kier alpha value is -0.210. The highest BCUT2D eigenvalue weighted by Gasteiger charge is 2.19. The first kappa shape index (κ1) is 12.3. The summed E-state index contributed by atoms with van der Waals surface area (Å²) in [6.07, 6.45) is 3.16. The third kappa shape index (κ3) is 2.54. The first-order chi connectivity index (χ1) is 7.74. The van der Waals surface area contributed by atoms with E-state index in [-0.39, 0.29) is 0 Å². The number of alkyl halides is 1. The molecule has 0 amide bonds. The highest BCUT2D eigenvalue weighted by molar-refractivity contribution is 9.10. The monoisotopic (exact) mass is 302 g/mol. The molecule has 0 aliphatic carbocycles. The summed E-state index contributed by atoms with van der Waals surface area (Å²) in [5.74, 6) is 2.37. The van der Waals surface area contributed by atoms with Crippen LogP contribution in [-0.2, 0) is 12.8 Å². The standard InChI is InChI=1S/C13H16BrClO/c1-2-9(8-15)5-11-7-12(14)6-10-3-4-16-13(10)11/h6-7,9H,2-5,8H2,1H3. The predicted octanol–water partition coefficient (Wildman–Crippen LogP) is 4.19. The molecule has 3 heteroatoms. The Bertz CT molecular complexity index is 374. The highest BCUT2D eigenvalue weighted by atomic mass is 79.9. The Morgan fingerprint density at radius 2 is 2.31 bits per heavy atom. The highest BCUT2D eigenvalue weighted by Crippen LogP contribution is 2.34. The number of fused-ring (bicyclic) bond motifs is 1. The van der Waals surface area contributed by atoms with Crippen molar-refractivity contribution < 1.29 is 4.74 Å². The fourth-order valence-electron chi connectivity index (χ4n) is 2.12. The maximum absolute atomic E-state index is 5.96. The summed E-state index contributed by atoms with van der Waals surface area (Å²) in [4.78, 5) is 0. The van der Waals surface area contributed by atoms with Crippen LogP contribution in [0, 0.1) is 5.92 Å². The molecule has 0 aromatic heterocycles. The van der Waals surface area contributed by atoms with Crippen molar-refractivity contribution in [1.82, 2.24) is 0 Å². The van der Waals surface area contributed by atoms with E-state index in [0.29, 0.717) is 5.92 Å². The van der Waals surface area contributed by atoms with Crippen molar-refractivity contribution in [2.24, 2.45) is 5.92 Å². The van der Waals surface area contributed by atoms with Gasteiger partial charge in [-0.05, 0) is 35.6 Å². The number of rotatable bonds is 4. The van der Waals surface area contributed by atoms with Crippen LogP contribution in [0.15, 0.2) is 16.6 Å². The van der Waals surface area contributed by atoms with Gasteiger partial charge in [0.15, 0.2) is 0 Å². The molecule has 0 spiro atoms. The van der Waals surface area contributed by atoms with Gasteiger partial charge in [-0.1, -0.05) is 29.3 Å². The lowest BCUT2D eigenvalue weighted by Gasteiger charge is -2.14. The van der Waals surface area contributed by atoms with Gasteiger partial charge in [0.1, 0.15) is 5.75 Å². The molecule has 1 aromatic rings. The average molecular weight is 304 g/mol. The summed E-state index contributed by atoms with van der Waals surface area (Å²) in [5, 5.41) is 0. The number of hydrogen-bond donors (Lipinski definition) is 0. The Balaban J connectivity index is 2.26. The van der Waals surface area contributed by atoms with Gasteiger partial charge in [0.25, 0.3) is 0 Å². The molecule has 1 aromatic carbocycles. The van der Waals surface area contributed by atoms with E-state index in [0.717, 1.165) is 42.0 Å². The summed E-state index contributed by atoms with van der Waals surface area (Å²) < 4.78 is 6.86. The van der Waals surface area contributed by atoms with Crippen LogP contribution in [0.2, 0.25) is 0 Å². The van der Waals surface area contributed by atoms with Gasteiger partial charge in [0.05, 0.1) is 6.61 Å². The van der Waals surface area contributed by atoms with E-state index < -0.39 is 0 Å². The molecule has 0 saturated heterocycles. The number of hydrogen-bond acceptors (Lipinski definition) is 1. The van der Waals surface area contributed by atoms with Crippen LogP contribution < -0.4 is 4.74 Å². The first-order valence-corrected chi connectivity index (χ1v) is 7.07. The zero-order chi connectivity index (χ0) is 11.5. The van der Waals surface area contributed by atoms with Crippen LogP contribution in [0.1, 0.15) is 24.5 Å². The third-order valence-corrected chi connectivity index (χ3v) is 4.02. The van der Waals surface area contributed by atoms with Gasteiger partial charge in [0.2, 0.25) is 0 Å².